The second-order valence-corrected chi connectivity index (χ2v) is 6.45. The number of benzene rings is 2. The third-order valence-electron chi connectivity index (χ3n) is 4.16. The van der Waals surface area contributed by atoms with Crippen molar-refractivity contribution in [3.63, 3.8) is 0 Å². The van der Waals surface area contributed by atoms with Gasteiger partial charge in [0.15, 0.2) is 0 Å². The van der Waals surface area contributed by atoms with Gasteiger partial charge < -0.3 is 5.11 Å². The summed E-state index contributed by atoms with van der Waals surface area (Å²) in [6.07, 6.45) is 0.344. The van der Waals surface area contributed by atoms with E-state index in [4.69, 9.17) is 11.6 Å². The summed E-state index contributed by atoms with van der Waals surface area (Å²) in [7, 11) is 0. The first-order chi connectivity index (χ1) is 13.4. The smallest absolute Gasteiger partial charge is 0.335 e. The minimum absolute atomic E-state index is 0.0841. The Balaban J connectivity index is 2.08. The predicted molar refractivity (Wildman–Crippen MR) is 106 cm³/mol. The van der Waals surface area contributed by atoms with Crippen molar-refractivity contribution in [3.8, 4) is 11.6 Å². The van der Waals surface area contributed by atoms with Crippen LogP contribution in [0.5, 0.6) is 5.88 Å². The number of rotatable bonds is 5. The summed E-state index contributed by atoms with van der Waals surface area (Å²) < 4.78 is 14.0. The Bertz CT molecular complexity index is 1130. The van der Waals surface area contributed by atoms with Crippen molar-refractivity contribution in [2.45, 2.75) is 19.9 Å². The van der Waals surface area contributed by atoms with Crippen molar-refractivity contribution < 1.29 is 9.50 Å². The molecule has 8 heteroatoms. The fourth-order valence-electron chi connectivity index (χ4n) is 2.76. The topological polar surface area (TPSA) is 87.4 Å². The van der Waals surface area contributed by atoms with E-state index in [2.05, 4.69) is 9.98 Å². The zero-order valence-electron chi connectivity index (χ0n) is 14.9. The molecule has 2 aromatic carbocycles. The van der Waals surface area contributed by atoms with E-state index in [1.54, 1.807) is 43.3 Å². The maximum atomic E-state index is 13.0. The van der Waals surface area contributed by atoms with Crippen molar-refractivity contribution >= 4 is 17.3 Å². The van der Waals surface area contributed by atoms with Gasteiger partial charge in [-0.3, -0.25) is 14.8 Å². The molecule has 0 aliphatic rings. The second-order valence-electron chi connectivity index (χ2n) is 6.01. The lowest BCUT2D eigenvalue weighted by Crippen LogP contribution is -2.33. The van der Waals surface area contributed by atoms with E-state index in [0.29, 0.717) is 22.8 Å². The van der Waals surface area contributed by atoms with Crippen LogP contribution in [0.3, 0.4) is 0 Å². The summed E-state index contributed by atoms with van der Waals surface area (Å²) >= 11 is 5.87. The van der Waals surface area contributed by atoms with E-state index < -0.39 is 17.1 Å². The highest BCUT2D eigenvalue weighted by molar-refractivity contribution is 6.30. The summed E-state index contributed by atoms with van der Waals surface area (Å²) in [6.45, 7) is 1.97. The first-order valence-electron chi connectivity index (χ1n) is 8.53. The number of hydrogen-bond acceptors (Lipinski definition) is 4. The first kappa shape index (κ1) is 19.6. The first-order valence-corrected chi connectivity index (χ1v) is 8.91. The van der Waals surface area contributed by atoms with Crippen LogP contribution in [-0.4, -0.2) is 20.4 Å². The molecule has 6 nitrogen and oxygen atoms in total. The van der Waals surface area contributed by atoms with E-state index in [1.807, 2.05) is 0 Å². The zero-order chi connectivity index (χ0) is 20.3. The van der Waals surface area contributed by atoms with Gasteiger partial charge in [-0.1, -0.05) is 30.7 Å². The molecule has 0 amide bonds. The van der Waals surface area contributed by atoms with Crippen LogP contribution in [0.15, 0.2) is 63.1 Å². The van der Waals surface area contributed by atoms with Gasteiger partial charge >= 0.3 is 5.69 Å². The average Bonchev–Trinajstić information content (AvgIpc) is 2.67. The Labute approximate surface area is 164 Å². The molecule has 0 bridgehead atoms. The van der Waals surface area contributed by atoms with Gasteiger partial charge in [-0.2, -0.15) is 0 Å². The van der Waals surface area contributed by atoms with Crippen LogP contribution < -0.4 is 11.2 Å². The molecule has 0 aliphatic heterocycles. The standard InChI is InChI=1S/C20H17ClFN3O3/c1-2-16(23-11-12-3-7-14(22)8-4-12)17-18(26)24-20(28)25(19(17)27)15-9-5-13(21)6-10-15/h3-10,27H,2,11H2,1H3,(H,24,26,28). The van der Waals surface area contributed by atoms with Crippen molar-refractivity contribution in [3.05, 3.63) is 91.3 Å². The highest BCUT2D eigenvalue weighted by Crippen LogP contribution is 2.20. The normalized spacial score (nSPS) is 11.6. The van der Waals surface area contributed by atoms with Crippen LogP contribution in [0.2, 0.25) is 5.02 Å². The maximum absolute atomic E-state index is 13.0. The molecule has 0 spiro atoms. The highest BCUT2D eigenvalue weighted by atomic mass is 35.5. The van der Waals surface area contributed by atoms with E-state index in [1.165, 1.54) is 12.1 Å². The van der Waals surface area contributed by atoms with Gasteiger partial charge in [0.1, 0.15) is 11.4 Å². The number of nitrogens with zero attached hydrogens (tertiary/aromatic N) is 2. The lowest BCUT2D eigenvalue weighted by atomic mass is 10.1. The van der Waals surface area contributed by atoms with Gasteiger partial charge in [0.2, 0.25) is 5.88 Å². The minimum atomic E-state index is -0.775. The highest BCUT2D eigenvalue weighted by Gasteiger charge is 2.19. The van der Waals surface area contributed by atoms with Crippen LogP contribution in [0.25, 0.3) is 5.69 Å². The summed E-state index contributed by atoms with van der Waals surface area (Å²) in [5.74, 6) is -0.858. The molecule has 0 aliphatic carbocycles. The summed E-state index contributed by atoms with van der Waals surface area (Å²) in [4.78, 5) is 31.2. The molecule has 1 heterocycles. The minimum Gasteiger partial charge on any atom is -0.493 e. The number of hydrogen-bond donors (Lipinski definition) is 2. The Morgan fingerprint density at radius 2 is 1.79 bits per heavy atom. The van der Waals surface area contributed by atoms with Gasteiger partial charge in [0.25, 0.3) is 5.56 Å². The lowest BCUT2D eigenvalue weighted by molar-refractivity contribution is 0.429. The van der Waals surface area contributed by atoms with Crippen LogP contribution in [0.4, 0.5) is 4.39 Å². The summed E-state index contributed by atoms with van der Waals surface area (Å²) in [6, 6.07) is 12.0. The van der Waals surface area contributed by atoms with Gasteiger partial charge in [-0.15, -0.1) is 0 Å². The Morgan fingerprint density at radius 3 is 2.39 bits per heavy atom. The van der Waals surface area contributed by atoms with E-state index in [9.17, 15) is 19.1 Å². The van der Waals surface area contributed by atoms with Crippen LogP contribution in [0.1, 0.15) is 24.5 Å². The molecule has 3 aromatic rings. The Morgan fingerprint density at radius 1 is 1.14 bits per heavy atom. The number of aromatic hydroxyl groups is 1. The molecule has 0 saturated carbocycles. The van der Waals surface area contributed by atoms with Gasteiger partial charge in [-0.25, -0.2) is 13.8 Å². The maximum Gasteiger partial charge on any atom is 0.335 e. The number of aromatic nitrogens is 2. The molecule has 0 unspecified atom stereocenters. The molecule has 0 radical (unpaired) electrons. The average molecular weight is 402 g/mol. The zero-order valence-corrected chi connectivity index (χ0v) is 15.7. The fourth-order valence-corrected chi connectivity index (χ4v) is 2.89. The molecule has 2 N–H and O–H groups in total. The van der Waals surface area contributed by atoms with Gasteiger partial charge in [0, 0.05) is 5.02 Å². The molecule has 0 atom stereocenters. The monoisotopic (exact) mass is 401 g/mol. The fraction of sp³-hybridized carbons (Fsp3) is 0.150. The van der Waals surface area contributed by atoms with Crippen LogP contribution in [0, 0.1) is 5.82 Å². The number of aliphatic imine (C=N–C) groups is 1. The Kier molecular flexibility index (Phi) is 5.75. The number of nitrogens with one attached hydrogen (secondary N) is 1. The molecule has 1 aromatic heterocycles. The molecular formula is C20H17ClFN3O3. The molecule has 0 fully saturated rings. The molecule has 0 saturated heterocycles. The van der Waals surface area contributed by atoms with Gasteiger partial charge in [-0.05, 0) is 48.4 Å². The SMILES string of the molecule is CCC(=NCc1ccc(F)cc1)c1c(O)n(-c2ccc(Cl)cc2)c(=O)[nH]c1=O. The summed E-state index contributed by atoms with van der Waals surface area (Å²) in [5.41, 5.74) is -0.174. The summed E-state index contributed by atoms with van der Waals surface area (Å²) in [5, 5.41) is 11.2. The van der Waals surface area contributed by atoms with Crippen molar-refractivity contribution in [1.82, 2.24) is 9.55 Å². The predicted octanol–water partition coefficient (Wildman–Crippen LogP) is 3.42. The molecule has 144 valence electrons. The van der Waals surface area contributed by atoms with Crippen molar-refractivity contribution in [2.24, 2.45) is 4.99 Å². The van der Waals surface area contributed by atoms with E-state index in [0.717, 1.165) is 10.1 Å². The van der Waals surface area contributed by atoms with Crippen LogP contribution >= 0.6 is 11.6 Å². The molecule has 3 rings (SSSR count). The van der Waals surface area contributed by atoms with Crippen molar-refractivity contribution in [1.29, 1.82) is 0 Å². The second kappa shape index (κ2) is 8.22. The Hall–Kier alpha value is -3.19. The van der Waals surface area contributed by atoms with E-state index in [-0.39, 0.29) is 17.9 Å². The number of H-pyrrole nitrogens is 1. The quantitative estimate of drug-likeness (QED) is 0.642. The largest absolute Gasteiger partial charge is 0.493 e. The third-order valence-corrected chi connectivity index (χ3v) is 4.41. The van der Waals surface area contributed by atoms with Gasteiger partial charge in [0.05, 0.1) is 17.9 Å². The van der Waals surface area contributed by atoms with Crippen molar-refractivity contribution in [2.75, 3.05) is 0 Å². The van der Waals surface area contributed by atoms with E-state index >= 15 is 0 Å². The van der Waals surface area contributed by atoms with Crippen LogP contribution in [-0.2, 0) is 6.54 Å². The number of halogens is 2. The lowest BCUT2D eigenvalue weighted by Gasteiger charge is -2.12. The number of aromatic amines is 1. The molecular weight excluding hydrogens is 385 g/mol. The molecule has 28 heavy (non-hydrogen) atoms. The third kappa shape index (κ3) is 4.04.